The molecular weight excluding hydrogens is 420 g/mol. The summed E-state index contributed by atoms with van der Waals surface area (Å²) in [5, 5.41) is 0. The van der Waals surface area contributed by atoms with Gasteiger partial charge in [-0.15, -0.1) is 0 Å². The Hall–Kier alpha value is -3.11. The number of nitrogens with zero attached hydrogens (tertiary/aromatic N) is 2. The number of ether oxygens (including phenoxy) is 1. The van der Waals surface area contributed by atoms with Crippen LogP contribution in [0.25, 0.3) is 11.1 Å². The third-order valence-corrected chi connectivity index (χ3v) is 6.75. The molecule has 0 radical (unpaired) electrons. The normalized spacial score (nSPS) is 15.1. The fourth-order valence-corrected chi connectivity index (χ4v) is 4.63. The maximum absolute atomic E-state index is 12.8. The predicted molar refractivity (Wildman–Crippen MR) is 139 cm³/mol. The van der Waals surface area contributed by atoms with E-state index in [9.17, 15) is 4.79 Å². The van der Waals surface area contributed by atoms with Crippen LogP contribution < -0.4 is 4.74 Å². The van der Waals surface area contributed by atoms with E-state index in [0.717, 1.165) is 43.7 Å². The van der Waals surface area contributed by atoms with Gasteiger partial charge >= 0.3 is 0 Å². The Morgan fingerprint density at radius 2 is 1.65 bits per heavy atom. The number of carbonyl (C=O) groups excluding carboxylic acids is 1. The minimum atomic E-state index is 0.235. The highest BCUT2D eigenvalue weighted by atomic mass is 16.5. The number of amides is 1. The number of hydrogen-bond donors (Lipinski definition) is 0. The SMILES string of the molecule is CN(C)CCN(C)C(=O)CC1CCCc2cc(OCc3ccc(-c4ccccc4)cc3)ccc21. The number of fused-ring (bicyclic) bond motifs is 1. The van der Waals surface area contributed by atoms with Crippen molar-refractivity contribution in [3.63, 3.8) is 0 Å². The monoisotopic (exact) mass is 456 g/mol. The summed E-state index contributed by atoms with van der Waals surface area (Å²) in [7, 11) is 5.99. The van der Waals surface area contributed by atoms with Crippen LogP contribution in [0.4, 0.5) is 0 Å². The van der Waals surface area contributed by atoms with Crippen molar-refractivity contribution < 1.29 is 9.53 Å². The Balaban J connectivity index is 1.35. The molecule has 0 saturated heterocycles. The largest absolute Gasteiger partial charge is 0.489 e. The predicted octanol–water partition coefficient (Wildman–Crippen LogP) is 5.76. The van der Waals surface area contributed by atoms with Crippen LogP contribution in [-0.4, -0.2) is 49.9 Å². The summed E-state index contributed by atoms with van der Waals surface area (Å²) < 4.78 is 6.13. The fourth-order valence-electron chi connectivity index (χ4n) is 4.63. The van der Waals surface area contributed by atoms with E-state index in [-0.39, 0.29) is 5.91 Å². The van der Waals surface area contributed by atoms with Crippen molar-refractivity contribution in [2.75, 3.05) is 34.2 Å². The lowest BCUT2D eigenvalue weighted by Crippen LogP contribution is -2.34. The smallest absolute Gasteiger partial charge is 0.222 e. The molecule has 178 valence electrons. The summed E-state index contributed by atoms with van der Waals surface area (Å²) in [5.74, 6) is 1.44. The molecule has 1 amide bonds. The topological polar surface area (TPSA) is 32.8 Å². The van der Waals surface area contributed by atoms with Gasteiger partial charge in [-0.1, -0.05) is 60.7 Å². The van der Waals surface area contributed by atoms with Gasteiger partial charge in [-0.05, 0) is 79.2 Å². The summed E-state index contributed by atoms with van der Waals surface area (Å²) in [6.07, 6.45) is 3.84. The second-order valence-corrected chi connectivity index (χ2v) is 9.62. The highest BCUT2D eigenvalue weighted by Crippen LogP contribution is 2.36. The quantitative estimate of drug-likeness (QED) is 0.410. The molecule has 0 bridgehead atoms. The lowest BCUT2D eigenvalue weighted by atomic mass is 9.80. The molecule has 0 aromatic heterocycles. The van der Waals surface area contributed by atoms with Crippen molar-refractivity contribution in [1.29, 1.82) is 0 Å². The first kappa shape index (κ1) is 24.0. The van der Waals surface area contributed by atoms with Crippen molar-refractivity contribution in [3.05, 3.63) is 89.5 Å². The van der Waals surface area contributed by atoms with Crippen LogP contribution in [-0.2, 0) is 17.8 Å². The van der Waals surface area contributed by atoms with E-state index in [4.69, 9.17) is 4.74 Å². The molecule has 1 aliphatic rings. The second-order valence-electron chi connectivity index (χ2n) is 9.62. The Morgan fingerprint density at radius 1 is 0.912 bits per heavy atom. The molecule has 0 aliphatic heterocycles. The standard InChI is InChI=1S/C30H36N2O2/c1-31(2)18-19-32(3)30(33)21-27-11-7-10-26-20-28(16-17-29(26)27)34-22-23-12-14-25(15-13-23)24-8-5-4-6-9-24/h4-6,8-9,12-17,20,27H,7,10-11,18-19,21-22H2,1-3H3. The molecule has 4 rings (SSSR count). The first-order valence-corrected chi connectivity index (χ1v) is 12.3. The number of hydrogen-bond acceptors (Lipinski definition) is 3. The molecule has 3 aromatic carbocycles. The first-order chi connectivity index (χ1) is 16.5. The molecule has 1 unspecified atom stereocenters. The van der Waals surface area contributed by atoms with E-state index >= 15 is 0 Å². The van der Waals surface area contributed by atoms with E-state index < -0.39 is 0 Å². The van der Waals surface area contributed by atoms with Crippen LogP contribution in [0.3, 0.4) is 0 Å². The fraction of sp³-hybridized carbons (Fsp3) is 0.367. The van der Waals surface area contributed by atoms with E-state index in [0.29, 0.717) is 18.9 Å². The number of aryl methyl sites for hydroxylation is 1. The third kappa shape index (κ3) is 6.27. The first-order valence-electron chi connectivity index (χ1n) is 12.3. The zero-order valence-electron chi connectivity index (χ0n) is 20.7. The van der Waals surface area contributed by atoms with Gasteiger partial charge in [0.2, 0.25) is 5.91 Å². The molecule has 1 aliphatic carbocycles. The second kappa shape index (κ2) is 11.3. The van der Waals surface area contributed by atoms with Gasteiger partial charge in [0, 0.05) is 26.6 Å². The van der Waals surface area contributed by atoms with Crippen LogP contribution in [0.1, 0.15) is 41.9 Å². The van der Waals surface area contributed by atoms with Gasteiger partial charge in [-0.3, -0.25) is 4.79 Å². The van der Waals surface area contributed by atoms with Crippen LogP contribution in [0, 0.1) is 0 Å². The number of rotatable bonds is 9. The molecule has 0 spiro atoms. The van der Waals surface area contributed by atoms with Crippen molar-refractivity contribution in [2.24, 2.45) is 0 Å². The van der Waals surface area contributed by atoms with Crippen LogP contribution >= 0.6 is 0 Å². The van der Waals surface area contributed by atoms with Gasteiger partial charge in [0.05, 0.1) is 0 Å². The summed E-state index contributed by atoms with van der Waals surface area (Å²) in [6.45, 7) is 2.20. The average Bonchev–Trinajstić information content (AvgIpc) is 2.86. The average molecular weight is 457 g/mol. The molecule has 1 atom stereocenters. The summed E-state index contributed by atoms with van der Waals surface area (Å²) in [6, 6.07) is 25.4. The zero-order valence-corrected chi connectivity index (χ0v) is 20.7. The van der Waals surface area contributed by atoms with Gasteiger partial charge < -0.3 is 14.5 Å². The van der Waals surface area contributed by atoms with E-state index in [1.54, 1.807) is 0 Å². The van der Waals surface area contributed by atoms with Gasteiger partial charge in [0.25, 0.3) is 0 Å². The molecule has 34 heavy (non-hydrogen) atoms. The molecule has 0 heterocycles. The number of carbonyl (C=O) groups is 1. The van der Waals surface area contributed by atoms with E-state index in [2.05, 4.69) is 71.6 Å². The Bertz CT molecular complexity index is 1080. The van der Waals surface area contributed by atoms with Crippen molar-refractivity contribution >= 4 is 5.91 Å². The lowest BCUT2D eigenvalue weighted by Gasteiger charge is -2.28. The van der Waals surface area contributed by atoms with Gasteiger partial charge in [0.1, 0.15) is 12.4 Å². The van der Waals surface area contributed by atoms with E-state index in [1.165, 1.54) is 22.3 Å². The molecular formula is C30H36N2O2. The molecule has 3 aromatic rings. The van der Waals surface area contributed by atoms with Gasteiger partial charge in [-0.25, -0.2) is 0 Å². The van der Waals surface area contributed by atoms with Crippen LogP contribution in [0.5, 0.6) is 5.75 Å². The highest BCUT2D eigenvalue weighted by Gasteiger charge is 2.24. The molecule has 0 fully saturated rings. The summed E-state index contributed by atoms with van der Waals surface area (Å²) in [5.41, 5.74) is 6.24. The number of likely N-dealkylation sites (N-methyl/N-ethyl adjacent to an activating group) is 2. The lowest BCUT2D eigenvalue weighted by molar-refractivity contribution is -0.130. The zero-order chi connectivity index (χ0) is 23.9. The van der Waals surface area contributed by atoms with Crippen molar-refractivity contribution in [2.45, 2.75) is 38.2 Å². The van der Waals surface area contributed by atoms with E-state index in [1.807, 2.05) is 32.1 Å². The highest BCUT2D eigenvalue weighted by molar-refractivity contribution is 5.77. The van der Waals surface area contributed by atoms with Gasteiger partial charge in [-0.2, -0.15) is 0 Å². The minimum absolute atomic E-state index is 0.235. The molecule has 0 N–H and O–H groups in total. The molecule has 4 nitrogen and oxygen atoms in total. The minimum Gasteiger partial charge on any atom is -0.489 e. The van der Waals surface area contributed by atoms with Crippen LogP contribution in [0.2, 0.25) is 0 Å². The summed E-state index contributed by atoms with van der Waals surface area (Å²) >= 11 is 0. The van der Waals surface area contributed by atoms with Crippen molar-refractivity contribution in [1.82, 2.24) is 9.80 Å². The molecule has 0 saturated carbocycles. The maximum Gasteiger partial charge on any atom is 0.222 e. The van der Waals surface area contributed by atoms with Crippen LogP contribution in [0.15, 0.2) is 72.8 Å². The maximum atomic E-state index is 12.8. The Labute approximate surface area is 204 Å². The Morgan fingerprint density at radius 3 is 2.38 bits per heavy atom. The summed E-state index contributed by atoms with van der Waals surface area (Å²) in [4.78, 5) is 16.7. The Kier molecular flexibility index (Phi) is 8.02. The molecule has 4 heteroatoms. The van der Waals surface area contributed by atoms with Crippen molar-refractivity contribution in [3.8, 4) is 16.9 Å². The number of benzene rings is 3. The third-order valence-electron chi connectivity index (χ3n) is 6.75. The van der Waals surface area contributed by atoms with Gasteiger partial charge in [0.15, 0.2) is 0 Å².